The highest BCUT2D eigenvalue weighted by molar-refractivity contribution is 5.98. The minimum Gasteiger partial charge on any atom is -0.383 e. The fraction of sp³-hybridized carbons (Fsp3) is 0.304. The summed E-state index contributed by atoms with van der Waals surface area (Å²) in [7, 11) is 1.57. The molecule has 2 heterocycles. The summed E-state index contributed by atoms with van der Waals surface area (Å²) < 4.78 is 6.51. The van der Waals surface area contributed by atoms with Crippen LogP contribution in [0.25, 0.3) is 10.9 Å². The Bertz CT molecular complexity index is 1160. The number of benzene rings is 2. The van der Waals surface area contributed by atoms with Gasteiger partial charge in [-0.3, -0.25) is 19.0 Å². The minimum absolute atomic E-state index is 0.0345. The third kappa shape index (κ3) is 4.64. The zero-order valence-corrected chi connectivity index (χ0v) is 17.3. The van der Waals surface area contributed by atoms with E-state index in [1.807, 2.05) is 30.3 Å². The fourth-order valence-electron chi connectivity index (χ4n) is 3.73. The number of ether oxygens (including phenoxy) is 1. The second kappa shape index (κ2) is 9.09. The summed E-state index contributed by atoms with van der Waals surface area (Å²) in [6, 6.07) is 14.8. The lowest BCUT2D eigenvalue weighted by Gasteiger charge is -2.16. The van der Waals surface area contributed by atoms with E-state index in [0.717, 1.165) is 5.56 Å². The van der Waals surface area contributed by atoms with Crippen LogP contribution in [-0.2, 0) is 27.4 Å². The Hall–Kier alpha value is -3.52. The highest BCUT2D eigenvalue weighted by Gasteiger charge is 2.34. The largest absolute Gasteiger partial charge is 0.383 e. The van der Waals surface area contributed by atoms with Crippen LogP contribution >= 0.6 is 0 Å². The van der Waals surface area contributed by atoms with Crippen LogP contribution in [0, 0.1) is 5.92 Å². The smallest absolute Gasteiger partial charge is 0.261 e. The maximum absolute atomic E-state index is 12.8. The number of fused-ring (bicyclic) bond motifs is 1. The normalized spacial score (nSPS) is 16.1. The van der Waals surface area contributed by atoms with Crippen molar-refractivity contribution in [3.05, 3.63) is 70.8 Å². The fourth-order valence-corrected chi connectivity index (χ4v) is 3.73. The molecule has 3 aromatic rings. The number of amides is 2. The number of rotatable bonds is 7. The van der Waals surface area contributed by atoms with Gasteiger partial charge in [0.2, 0.25) is 11.8 Å². The van der Waals surface area contributed by atoms with Crippen molar-refractivity contribution in [2.24, 2.45) is 5.92 Å². The SMILES string of the molecule is COCCn1cnc2ccc(NC(=O)C3CC(=O)N(Cc4ccccc4)C3)cc2c1=O. The standard InChI is InChI=1S/C23H24N4O4/c1-31-10-9-26-15-24-20-8-7-18(12-19(20)23(26)30)25-22(29)17-11-21(28)27(14-17)13-16-5-3-2-4-6-16/h2-8,12,15,17H,9-11,13-14H2,1H3,(H,25,29). The summed E-state index contributed by atoms with van der Waals surface area (Å²) in [4.78, 5) is 43.8. The highest BCUT2D eigenvalue weighted by atomic mass is 16.5. The van der Waals surface area contributed by atoms with Crippen molar-refractivity contribution >= 4 is 28.4 Å². The molecule has 8 heteroatoms. The molecule has 0 radical (unpaired) electrons. The lowest BCUT2D eigenvalue weighted by molar-refractivity contribution is -0.128. The van der Waals surface area contributed by atoms with E-state index in [9.17, 15) is 14.4 Å². The van der Waals surface area contributed by atoms with Crippen LogP contribution in [0.4, 0.5) is 5.69 Å². The van der Waals surface area contributed by atoms with Gasteiger partial charge in [0.1, 0.15) is 0 Å². The molecule has 0 saturated carbocycles. The average Bonchev–Trinajstić information content (AvgIpc) is 3.15. The Morgan fingerprint density at radius 2 is 2.00 bits per heavy atom. The van der Waals surface area contributed by atoms with Gasteiger partial charge in [0.05, 0.1) is 36.3 Å². The molecule has 31 heavy (non-hydrogen) atoms. The number of aromatic nitrogens is 2. The van der Waals surface area contributed by atoms with Crippen LogP contribution < -0.4 is 10.9 Å². The Morgan fingerprint density at radius 1 is 1.19 bits per heavy atom. The number of nitrogens with one attached hydrogen (secondary N) is 1. The number of nitrogens with zero attached hydrogens (tertiary/aromatic N) is 3. The third-order valence-corrected chi connectivity index (χ3v) is 5.43. The van der Waals surface area contributed by atoms with Crippen molar-refractivity contribution in [3.63, 3.8) is 0 Å². The summed E-state index contributed by atoms with van der Waals surface area (Å²) in [5, 5.41) is 3.27. The van der Waals surface area contributed by atoms with Crippen molar-refractivity contribution in [2.45, 2.75) is 19.5 Å². The Morgan fingerprint density at radius 3 is 2.77 bits per heavy atom. The van der Waals surface area contributed by atoms with Crippen LogP contribution in [0.5, 0.6) is 0 Å². The quantitative estimate of drug-likeness (QED) is 0.631. The van der Waals surface area contributed by atoms with Gasteiger partial charge in [-0.15, -0.1) is 0 Å². The molecule has 0 aliphatic carbocycles. The van der Waals surface area contributed by atoms with Crippen LogP contribution in [0.15, 0.2) is 59.7 Å². The summed E-state index contributed by atoms with van der Waals surface area (Å²) in [5.41, 5.74) is 1.91. The number of carbonyl (C=O) groups excluding carboxylic acids is 2. The molecule has 4 rings (SSSR count). The number of carbonyl (C=O) groups is 2. The molecule has 160 valence electrons. The van der Waals surface area contributed by atoms with Crippen molar-refractivity contribution in [1.82, 2.24) is 14.5 Å². The molecule has 2 amide bonds. The van der Waals surface area contributed by atoms with Crippen LogP contribution in [0.1, 0.15) is 12.0 Å². The molecule has 1 unspecified atom stereocenters. The first-order valence-electron chi connectivity index (χ1n) is 10.2. The Balaban J connectivity index is 1.46. The van der Waals surface area contributed by atoms with E-state index in [1.165, 1.54) is 10.9 Å². The van der Waals surface area contributed by atoms with Crippen LogP contribution in [-0.4, -0.2) is 46.5 Å². The first-order chi connectivity index (χ1) is 15.0. The van der Waals surface area contributed by atoms with E-state index in [-0.39, 0.29) is 23.8 Å². The second-order valence-electron chi connectivity index (χ2n) is 7.62. The highest BCUT2D eigenvalue weighted by Crippen LogP contribution is 2.23. The van der Waals surface area contributed by atoms with E-state index in [1.54, 1.807) is 30.2 Å². The number of hydrogen-bond acceptors (Lipinski definition) is 5. The summed E-state index contributed by atoms with van der Waals surface area (Å²) >= 11 is 0. The number of likely N-dealkylation sites (tertiary alicyclic amines) is 1. The van der Waals surface area contributed by atoms with Crippen LogP contribution in [0.2, 0.25) is 0 Å². The summed E-state index contributed by atoms with van der Waals surface area (Å²) in [6.07, 6.45) is 1.67. The van der Waals surface area contributed by atoms with Crippen molar-refractivity contribution in [1.29, 1.82) is 0 Å². The molecule has 1 saturated heterocycles. The number of anilines is 1. The van der Waals surface area contributed by atoms with E-state index < -0.39 is 5.92 Å². The second-order valence-corrected chi connectivity index (χ2v) is 7.62. The van der Waals surface area contributed by atoms with Gasteiger partial charge in [-0.25, -0.2) is 4.98 Å². The minimum atomic E-state index is -0.431. The molecule has 1 aliphatic rings. The molecular formula is C23H24N4O4. The molecule has 1 fully saturated rings. The van der Waals surface area contributed by atoms with Crippen molar-refractivity contribution in [2.75, 3.05) is 25.6 Å². The predicted octanol–water partition coefficient (Wildman–Crippen LogP) is 2.03. The van der Waals surface area contributed by atoms with E-state index in [4.69, 9.17) is 4.74 Å². The van der Waals surface area contributed by atoms with Crippen molar-refractivity contribution in [3.8, 4) is 0 Å². The van der Waals surface area contributed by atoms with Gasteiger partial charge in [-0.1, -0.05) is 30.3 Å². The molecule has 0 bridgehead atoms. The summed E-state index contributed by atoms with van der Waals surface area (Å²) in [6.45, 7) is 1.67. The number of methoxy groups -OCH3 is 1. The first-order valence-corrected chi connectivity index (χ1v) is 10.2. The van der Waals surface area contributed by atoms with Gasteiger partial charge in [-0.2, -0.15) is 0 Å². The zero-order chi connectivity index (χ0) is 21.8. The molecular weight excluding hydrogens is 396 g/mol. The third-order valence-electron chi connectivity index (χ3n) is 5.43. The maximum atomic E-state index is 12.8. The molecule has 2 aromatic carbocycles. The van der Waals surface area contributed by atoms with E-state index in [0.29, 0.717) is 42.8 Å². The van der Waals surface area contributed by atoms with Crippen molar-refractivity contribution < 1.29 is 14.3 Å². The van der Waals surface area contributed by atoms with Gasteiger partial charge in [0.15, 0.2) is 0 Å². The lowest BCUT2D eigenvalue weighted by atomic mass is 10.1. The van der Waals surface area contributed by atoms with E-state index >= 15 is 0 Å². The van der Waals surface area contributed by atoms with Gasteiger partial charge in [0, 0.05) is 32.3 Å². The van der Waals surface area contributed by atoms with Gasteiger partial charge < -0.3 is 15.0 Å². The topological polar surface area (TPSA) is 93.5 Å². The Kier molecular flexibility index (Phi) is 6.08. The Labute approximate surface area is 179 Å². The molecule has 1 aromatic heterocycles. The average molecular weight is 420 g/mol. The monoisotopic (exact) mass is 420 g/mol. The predicted molar refractivity (Wildman–Crippen MR) is 116 cm³/mol. The van der Waals surface area contributed by atoms with Gasteiger partial charge >= 0.3 is 0 Å². The van der Waals surface area contributed by atoms with Gasteiger partial charge in [0.25, 0.3) is 5.56 Å². The molecule has 0 spiro atoms. The summed E-state index contributed by atoms with van der Waals surface area (Å²) in [5.74, 6) is -0.696. The molecule has 8 nitrogen and oxygen atoms in total. The van der Waals surface area contributed by atoms with E-state index in [2.05, 4.69) is 10.3 Å². The molecule has 1 aliphatic heterocycles. The van der Waals surface area contributed by atoms with Crippen LogP contribution in [0.3, 0.4) is 0 Å². The van der Waals surface area contributed by atoms with Gasteiger partial charge in [-0.05, 0) is 23.8 Å². The first kappa shape index (κ1) is 20.7. The number of hydrogen-bond donors (Lipinski definition) is 1. The molecule has 1 atom stereocenters. The molecule has 1 N–H and O–H groups in total. The maximum Gasteiger partial charge on any atom is 0.261 e. The zero-order valence-electron chi connectivity index (χ0n) is 17.3. The lowest BCUT2D eigenvalue weighted by Crippen LogP contribution is -2.28.